The molecule has 1 unspecified atom stereocenters. The van der Waals surface area contributed by atoms with E-state index < -0.39 is 23.8 Å². The van der Waals surface area contributed by atoms with Crippen LogP contribution in [0, 0.1) is 0 Å². The molecule has 4 amide bonds. The molecule has 0 N–H and O–H groups in total. The normalized spacial score (nSPS) is 17.1. The largest absolute Gasteiger partial charge is 0.466 e. The lowest BCUT2D eigenvalue weighted by molar-refractivity contribution is -0.146. The second-order valence-electron chi connectivity index (χ2n) is 7.21. The van der Waals surface area contributed by atoms with Gasteiger partial charge in [0, 0.05) is 32.6 Å². The number of imide groups is 1. The molecule has 0 aromatic heterocycles. The van der Waals surface area contributed by atoms with Crippen molar-refractivity contribution in [3.63, 3.8) is 0 Å². The molecule has 0 spiro atoms. The van der Waals surface area contributed by atoms with Crippen LogP contribution in [0.3, 0.4) is 0 Å². The molecule has 1 fully saturated rings. The third-order valence-corrected chi connectivity index (χ3v) is 5.36. The second kappa shape index (κ2) is 9.06. The van der Waals surface area contributed by atoms with Gasteiger partial charge in [-0.3, -0.25) is 28.9 Å². The molecule has 9 nitrogen and oxygen atoms in total. The van der Waals surface area contributed by atoms with E-state index in [0.717, 1.165) is 4.90 Å². The van der Waals surface area contributed by atoms with E-state index in [1.54, 1.807) is 47.9 Å². The zero-order valence-corrected chi connectivity index (χ0v) is 17.1. The summed E-state index contributed by atoms with van der Waals surface area (Å²) in [7, 11) is 0. The lowest BCUT2D eigenvalue weighted by Crippen LogP contribution is -2.56. The zero-order valence-electron chi connectivity index (χ0n) is 17.1. The van der Waals surface area contributed by atoms with E-state index >= 15 is 0 Å². The molecule has 160 valence electrons. The highest BCUT2D eigenvalue weighted by atomic mass is 16.5. The minimum absolute atomic E-state index is 0.0304. The first-order valence-electron chi connectivity index (χ1n) is 10.0. The number of fused-ring (bicyclic) bond motifs is 1. The third kappa shape index (κ3) is 4.19. The molecule has 1 aromatic rings. The molecule has 0 radical (unpaired) electrons. The fourth-order valence-corrected chi connectivity index (χ4v) is 3.71. The topological polar surface area (TPSA) is 104 Å². The van der Waals surface area contributed by atoms with Crippen molar-refractivity contribution >= 4 is 29.6 Å². The molecule has 0 aliphatic carbocycles. The van der Waals surface area contributed by atoms with Crippen molar-refractivity contribution in [2.75, 3.05) is 32.8 Å². The molecular formula is C21H25N3O6. The molecule has 2 aliphatic rings. The monoisotopic (exact) mass is 415 g/mol. The Morgan fingerprint density at radius 3 is 2.00 bits per heavy atom. The van der Waals surface area contributed by atoms with Gasteiger partial charge in [-0.2, -0.15) is 0 Å². The van der Waals surface area contributed by atoms with E-state index in [1.165, 1.54) is 0 Å². The lowest BCUT2D eigenvalue weighted by Gasteiger charge is -2.37. The number of esters is 1. The van der Waals surface area contributed by atoms with Gasteiger partial charge in [0.05, 0.1) is 24.2 Å². The molecule has 0 bridgehead atoms. The molecule has 3 rings (SSSR count). The van der Waals surface area contributed by atoms with Crippen molar-refractivity contribution in [3.8, 4) is 0 Å². The van der Waals surface area contributed by atoms with Crippen LogP contribution in [-0.2, 0) is 19.1 Å². The number of carbonyl (C=O) groups is 5. The summed E-state index contributed by atoms with van der Waals surface area (Å²) < 4.78 is 4.82. The lowest BCUT2D eigenvalue weighted by atomic mass is 10.1. The van der Waals surface area contributed by atoms with Crippen LogP contribution in [0.2, 0.25) is 0 Å². The first-order valence-corrected chi connectivity index (χ1v) is 10.0. The van der Waals surface area contributed by atoms with E-state index in [4.69, 9.17) is 4.74 Å². The first-order chi connectivity index (χ1) is 14.3. The van der Waals surface area contributed by atoms with Crippen LogP contribution in [0.15, 0.2) is 24.3 Å². The smallest absolute Gasteiger partial charge is 0.306 e. The zero-order chi connectivity index (χ0) is 21.8. The number of piperazine rings is 1. The van der Waals surface area contributed by atoms with Crippen LogP contribution >= 0.6 is 0 Å². The Labute approximate surface area is 174 Å². The van der Waals surface area contributed by atoms with Gasteiger partial charge in [-0.15, -0.1) is 0 Å². The molecule has 30 heavy (non-hydrogen) atoms. The number of benzene rings is 1. The summed E-state index contributed by atoms with van der Waals surface area (Å²) in [6, 6.07) is 5.58. The van der Waals surface area contributed by atoms with E-state index in [2.05, 4.69) is 0 Å². The van der Waals surface area contributed by atoms with Gasteiger partial charge in [0.15, 0.2) is 0 Å². The maximum absolute atomic E-state index is 12.9. The van der Waals surface area contributed by atoms with Crippen LogP contribution in [0.4, 0.5) is 0 Å². The third-order valence-electron chi connectivity index (χ3n) is 5.36. The number of hydrogen-bond acceptors (Lipinski definition) is 6. The predicted molar refractivity (Wildman–Crippen MR) is 105 cm³/mol. The van der Waals surface area contributed by atoms with Crippen molar-refractivity contribution in [2.45, 2.75) is 32.7 Å². The van der Waals surface area contributed by atoms with Crippen molar-refractivity contribution in [3.05, 3.63) is 35.4 Å². The summed E-state index contributed by atoms with van der Waals surface area (Å²) in [5.74, 6) is -1.84. The number of hydrogen-bond donors (Lipinski definition) is 0. The molecule has 1 atom stereocenters. The Kier molecular flexibility index (Phi) is 6.49. The Bertz CT molecular complexity index is 840. The molecule has 1 saturated heterocycles. The van der Waals surface area contributed by atoms with Crippen molar-refractivity contribution < 1.29 is 28.7 Å². The van der Waals surface area contributed by atoms with Crippen LogP contribution in [0.25, 0.3) is 0 Å². The highest BCUT2D eigenvalue weighted by molar-refractivity contribution is 6.22. The fraction of sp³-hybridized carbons (Fsp3) is 0.476. The molecule has 2 heterocycles. The number of amides is 4. The van der Waals surface area contributed by atoms with Gasteiger partial charge in [0.25, 0.3) is 11.8 Å². The molecule has 0 saturated carbocycles. The first kappa shape index (κ1) is 21.5. The maximum atomic E-state index is 12.9. The van der Waals surface area contributed by atoms with Gasteiger partial charge in [-0.1, -0.05) is 12.1 Å². The number of carbonyl (C=O) groups excluding carboxylic acids is 5. The number of rotatable bonds is 6. The highest BCUT2D eigenvalue weighted by Gasteiger charge is 2.42. The average Bonchev–Trinajstić information content (AvgIpc) is 3.02. The van der Waals surface area contributed by atoms with Crippen molar-refractivity contribution in [1.82, 2.24) is 14.7 Å². The molecule has 9 heteroatoms. The van der Waals surface area contributed by atoms with E-state index in [9.17, 15) is 24.0 Å². The van der Waals surface area contributed by atoms with Gasteiger partial charge in [-0.25, -0.2) is 0 Å². The Morgan fingerprint density at radius 2 is 1.47 bits per heavy atom. The van der Waals surface area contributed by atoms with Crippen LogP contribution in [0.1, 0.15) is 47.4 Å². The van der Waals surface area contributed by atoms with Crippen LogP contribution in [0.5, 0.6) is 0 Å². The van der Waals surface area contributed by atoms with Crippen molar-refractivity contribution in [2.24, 2.45) is 0 Å². The minimum Gasteiger partial charge on any atom is -0.466 e. The summed E-state index contributed by atoms with van der Waals surface area (Å²) in [5.41, 5.74) is 0.610. The number of nitrogens with zero attached hydrogens (tertiary/aromatic N) is 3. The van der Waals surface area contributed by atoms with Gasteiger partial charge >= 0.3 is 5.97 Å². The fourth-order valence-electron chi connectivity index (χ4n) is 3.71. The van der Waals surface area contributed by atoms with E-state index in [0.29, 0.717) is 37.3 Å². The average molecular weight is 415 g/mol. The standard InChI is InChI=1S/C21H25N3O6/c1-3-30-18(26)9-8-17(25)22-10-12-23(13-11-22)19(27)14(2)24-20(28)15-6-4-5-7-16(15)21(24)29/h4-7,14H,3,8-13H2,1-2H3. The highest BCUT2D eigenvalue weighted by Crippen LogP contribution is 2.25. The van der Waals surface area contributed by atoms with Crippen LogP contribution in [-0.4, -0.2) is 83.1 Å². The predicted octanol–water partition coefficient (Wildman–Crippen LogP) is 0.685. The summed E-state index contributed by atoms with van der Waals surface area (Å²) >= 11 is 0. The van der Waals surface area contributed by atoms with E-state index in [1.807, 2.05) is 0 Å². The van der Waals surface area contributed by atoms with Crippen molar-refractivity contribution in [1.29, 1.82) is 0 Å². The van der Waals surface area contributed by atoms with Gasteiger partial charge in [-0.05, 0) is 26.0 Å². The van der Waals surface area contributed by atoms with Crippen LogP contribution < -0.4 is 0 Å². The summed E-state index contributed by atoms with van der Waals surface area (Å²) in [6.07, 6.45) is 0.0980. The Morgan fingerprint density at radius 1 is 0.933 bits per heavy atom. The van der Waals surface area contributed by atoms with Gasteiger partial charge in [0.1, 0.15) is 6.04 Å². The van der Waals surface area contributed by atoms with Gasteiger partial charge in [0.2, 0.25) is 11.8 Å². The Balaban J connectivity index is 1.54. The van der Waals surface area contributed by atoms with Gasteiger partial charge < -0.3 is 14.5 Å². The SMILES string of the molecule is CCOC(=O)CCC(=O)N1CCN(C(=O)C(C)N2C(=O)c3ccccc3C2=O)CC1. The second-order valence-corrected chi connectivity index (χ2v) is 7.21. The quantitative estimate of drug-likeness (QED) is 0.500. The molecule has 2 aliphatic heterocycles. The summed E-state index contributed by atoms with van der Waals surface area (Å²) in [4.78, 5) is 65.9. The minimum atomic E-state index is -0.927. The van der Waals surface area contributed by atoms with E-state index in [-0.39, 0.29) is 31.3 Å². The molecular weight excluding hydrogens is 390 g/mol. The Hall–Kier alpha value is -3.23. The summed E-state index contributed by atoms with van der Waals surface area (Å²) in [6.45, 7) is 4.80. The maximum Gasteiger partial charge on any atom is 0.306 e. The molecule has 1 aromatic carbocycles. The number of ether oxygens (including phenoxy) is 1. The summed E-state index contributed by atoms with van der Waals surface area (Å²) in [5, 5.41) is 0.